The Labute approximate surface area is 118 Å². The molecule has 2 rings (SSSR count). The maximum absolute atomic E-state index is 5.22. The third kappa shape index (κ3) is 3.57. The number of furan rings is 1. The average Bonchev–Trinajstić information content (AvgIpc) is 3.04. The summed E-state index contributed by atoms with van der Waals surface area (Å²) < 4.78 is 7.19. The molecule has 0 saturated carbocycles. The molecule has 0 fully saturated rings. The van der Waals surface area contributed by atoms with Crippen LogP contribution in [0.15, 0.2) is 29.0 Å². The maximum atomic E-state index is 5.22. The quantitative estimate of drug-likeness (QED) is 0.819. The van der Waals surface area contributed by atoms with Crippen LogP contribution in [0.25, 0.3) is 0 Å². The largest absolute Gasteiger partial charge is 0.467 e. The molecule has 0 aliphatic carbocycles. The number of nitrogens with one attached hydrogen (secondary N) is 2. The Bertz CT molecular complexity index is 533. The molecule has 0 spiro atoms. The first kappa shape index (κ1) is 13.6. The van der Waals surface area contributed by atoms with Gasteiger partial charge in [0.05, 0.1) is 19.0 Å². The molecule has 0 aliphatic heterocycles. The molecular weight excluding hydrogens is 260 g/mol. The zero-order valence-electron chi connectivity index (χ0n) is 11.1. The molecule has 2 aromatic rings. The van der Waals surface area contributed by atoms with Crippen molar-refractivity contribution in [1.82, 2.24) is 20.4 Å². The number of hydrogen-bond donors (Lipinski definition) is 2. The highest BCUT2D eigenvalue weighted by Crippen LogP contribution is 2.06. The Morgan fingerprint density at radius 1 is 1.42 bits per heavy atom. The molecule has 0 radical (unpaired) electrons. The van der Waals surface area contributed by atoms with Crippen LogP contribution >= 0.6 is 12.2 Å². The van der Waals surface area contributed by atoms with Gasteiger partial charge < -0.3 is 15.1 Å². The summed E-state index contributed by atoms with van der Waals surface area (Å²) in [5, 5.41) is 11.2. The van der Waals surface area contributed by atoms with Crippen molar-refractivity contribution in [3.63, 3.8) is 0 Å². The van der Waals surface area contributed by atoms with Gasteiger partial charge in [-0.1, -0.05) is 0 Å². The predicted molar refractivity (Wildman–Crippen MR) is 77.6 cm³/mol. The van der Waals surface area contributed by atoms with Gasteiger partial charge in [0.15, 0.2) is 5.11 Å². The van der Waals surface area contributed by atoms with E-state index < -0.39 is 0 Å². The van der Waals surface area contributed by atoms with Crippen LogP contribution in [0.1, 0.15) is 23.9 Å². The summed E-state index contributed by atoms with van der Waals surface area (Å²) in [6.07, 6.45) is 3.52. The molecule has 0 saturated heterocycles. The van der Waals surface area contributed by atoms with Gasteiger partial charge in [-0.3, -0.25) is 4.68 Å². The summed E-state index contributed by atoms with van der Waals surface area (Å²) in [5.41, 5.74) is 2.33. The minimum Gasteiger partial charge on any atom is -0.467 e. The summed E-state index contributed by atoms with van der Waals surface area (Å²) in [6.45, 7) is 6.29. The molecule has 0 unspecified atom stereocenters. The highest BCUT2D eigenvalue weighted by atomic mass is 32.1. The first-order valence-electron chi connectivity index (χ1n) is 6.26. The van der Waals surface area contributed by atoms with Crippen LogP contribution in [-0.4, -0.2) is 14.9 Å². The third-order valence-electron chi connectivity index (χ3n) is 2.95. The third-order valence-corrected chi connectivity index (χ3v) is 3.24. The second kappa shape index (κ2) is 6.38. The fraction of sp³-hybridized carbons (Fsp3) is 0.385. The molecule has 6 heteroatoms. The second-order valence-corrected chi connectivity index (χ2v) is 4.59. The minimum absolute atomic E-state index is 0.589. The summed E-state index contributed by atoms with van der Waals surface area (Å²) in [5.74, 6) is 0.860. The van der Waals surface area contributed by atoms with Crippen molar-refractivity contribution in [2.45, 2.75) is 33.5 Å². The number of rotatable bonds is 5. The molecule has 2 N–H and O–H groups in total. The van der Waals surface area contributed by atoms with Gasteiger partial charge >= 0.3 is 0 Å². The fourth-order valence-electron chi connectivity index (χ4n) is 1.80. The molecule has 0 aromatic carbocycles. The van der Waals surface area contributed by atoms with Gasteiger partial charge in [0.1, 0.15) is 5.76 Å². The number of nitrogens with zero attached hydrogens (tertiary/aromatic N) is 2. The van der Waals surface area contributed by atoms with Gasteiger partial charge in [-0.25, -0.2) is 0 Å². The Morgan fingerprint density at radius 3 is 2.84 bits per heavy atom. The number of thiocarbonyl (C=S) groups is 1. The number of hydrogen-bond acceptors (Lipinski definition) is 3. The molecule has 0 amide bonds. The first-order chi connectivity index (χ1) is 9.20. The predicted octanol–water partition coefficient (Wildman–Crippen LogP) is 1.97. The van der Waals surface area contributed by atoms with Crippen LogP contribution in [0.4, 0.5) is 0 Å². The van der Waals surface area contributed by atoms with Gasteiger partial charge in [-0.05, 0) is 38.2 Å². The molecule has 2 heterocycles. The highest BCUT2D eigenvalue weighted by Gasteiger charge is 2.05. The summed E-state index contributed by atoms with van der Waals surface area (Å²) >= 11 is 5.21. The van der Waals surface area contributed by atoms with Crippen LogP contribution in [-0.2, 0) is 19.6 Å². The normalized spacial score (nSPS) is 10.4. The summed E-state index contributed by atoms with van der Waals surface area (Å²) in [4.78, 5) is 0. The molecule has 0 bridgehead atoms. The minimum atomic E-state index is 0.589. The van der Waals surface area contributed by atoms with E-state index in [1.807, 2.05) is 23.0 Å². The van der Waals surface area contributed by atoms with Crippen molar-refractivity contribution in [2.24, 2.45) is 0 Å². The Hall–Kier alpha value is -1.82. The van der Waals surface area contributed by atoms with Crippen molar-refractivity contribution in [3.05, 3.63) is 41.6 Å². The smallest absolute Gasteiger partial charge is 0.166 e. The topological polar surface area (TPSA) is 55.0 Å². The zero-order valence-corrected chi connectivity index (χ0v) is 12.0. The van der Waals surface area contributed by atoms with E-state index in [-0.39, 0.29) is 0 Å². The van der Waals surface area contributed by atoms with Crippen LogP contribution < -0.4 is 10.6 Å². The van der Waals surface area contributed by atoms with Crippen molar-refractivity contribution >= 4 is 17.3 Å². The zero-order chi connectivity index (χ0) is 13.7. The SMILES string of the molecule is CCn1ncc(CNC(=S)NCc2ccco2)c1C. The number of aryl methyl sites for hydroxylation is 1. The molecule has 5 nitrogen and oxygen atoms in total. The van der Waals surface area contributed by atoms with E-state index in [9.17, 15) is 0 Å². The standard InChI is InChI=1S/C13H18N4OS/c1-3-17-10(2)11(8-16-17)7-14-13(19)15-9-12-5-4-6-18-12/h4-6,8H,3,7,9H2,1-2H3,(H2,14,15,19). The van der Waals surface area contributed by atoms with E-state index in [0.717, 1.165) is 17.9 Å². The molecule has 0 atom stereocenters. The molecule has 102 valence electrons. The van der Waals surface area contributed by atoms with Gasteiger partial charge in [-0.2, -0.15) is 5.10 Å². The summed E-state index contributed by atoms with van der Waals surface area (Å²) in [6, 6.07) is 3.76. The summed E-state index contributed by atoms with van der Waals surface area (Å²) in [7, 11) is 0. The lowest BCUT2D eigenvalue weighted by atomic mass is 10.2. The lowest BCUT2D eigenvalue weighted by Crippen LogP contribution is -2.34. The van der Waals surface area contributed by atoms with Crippen LogP contribution in [0.2, 0.25) is 0 Å². The van der Waals surface area contributed by atoms with Crippen molar-refractivity contribution in [1.29, 1.82) is 0 Å². The van der Waals surface area contributed by atoms with E-state index in [2.05, 4.69) is 29.6 Å². The lowest BCUT2D eigenvalue weighted by molar-refractivity contribution is 0.502. The maximum Gasteiger partial charge on any atom is 0.166 e. The fourth-order valence-corrected chi connectivity index (χ4v) is 1.94. The van der Waals surface area contributed by atoms with Gasteiger partial charge in [0.25, 0.3) is 0 Å². The van der Waals surface area contributed by atoms with E-state index in [1.165, 1.54) is 5.69 Å². The highest BCUT2D eigenvalue weighted by molar-refractivity contribution is 7.80. The van der Waals surface area contributed by atoms with Crippen LogP contribution in [0.3, 0.4) is 0 Å². The Balaban J connectivity index is 1.78. The average molecular weight is 278 g/mol. The Kier molecular flexibility index (Phi) is 4.57. The Morgan fingerprint density at radius 2 is 2.21 bits per heavy atom. The van der Waals surface area contributed by atoms with Crippen molar-refractivity contribution in [2.75, 3.05) is 0 Å². The van der Waals surface area contributed by atoms with Crippen molar-refractivity contribution in [3.8, 4) is 0 Å². The molecular formula is C13H18N4OS. The van der Waals surface area contributed by atoms with E-state index >= 15 is 0 Å². The van der Waals surface area contributed by atoms with E-state index in [1.54, 1.807) is 6.26 Å². The van der Waals surface area contributed by atoms with Crippen LogP contribution in [0, 0.1) is 6.92 Å². The van der Waals surface area contributed by atoms with Crippen LogP contribution in [0.5, 0.6) is 0 Å². The van der Waals surface area contributed by atoms with Gasteiger partial charge in [0.2, 0.25) is 0 Å². The van der Waals surface area contributed by atoms with Crippen molar-refractivity contribution < 1.29 is 4.42 Å². The monoisotopic (exact) mass is 278 g/mol. The molecule has 2 aromatic heterocycles. The molecule has 19 heavy (non-hydrogen) atoms. The second-order valence-electron chi connectivity index (χ2n) is 4.19. The first-order valence-corrected chi connectivity index (χ1v) is 6.67. The molecule has 0 aliphatic rings. The van der Waals surface area contributed by atoms with Gasteiger partial charge in [-0.15, -0.1) is 0 Å². The van der Waals surface area contributed by atoms with Gasteiger partial charge in [0, 0.05) is 24.3 Å². The number of aromatic nitrogens is 2. The van der Waals surface area contributed by atoms with E-state index in [4.69, 9.17) is 16.6 Å². The lowest BCUT2D eigenvalue weighted by Gasteiger charge is -2.09. The van der Waals surface area contributed by atoms with E-state index in [0.29, 0.717) is 18.2 Å².